The lowest BCUT2D eigenvalue weighted by molar-refractivity contribution is -0.385. The first-order valence-electron chi connectivity index (χ1n) is 8.78. The van der Waals surface area contributed by atoms with Crippen LogP contribution in [0.1, 0.15) is 23.0 Å². The number of nitro groups is 2. The molecule has 0 amide bonds. The Morgan fingerprint density at radius 3 is 1.22 bits per heavy atom. The third-order valence-electron chi connectivity index (χ3n) is 4.79. The van der Waals surface area contributed by atoms with Gasteiger partial charge in [-0.2, -0.15) is 0 Å². The van der Waals surface area contributed by atoms with Gasteiger partial charge in [-0.25, -0.2) is 27.1 Å². The minimum atomic E-state index is -4.19. The Morgan fingerprint density at radius 2 is 0.969 bits per heavy atom. The van der Waals surface area contributed by atoms with E-state index in [1.807, 2.05) is 0 Å². The number of nitro benzene ring substituents is 2. The summed E-state index contributed by atoms with van der Waals surface area (Å²) in [6.07, 6.45) is 5.96. The van der Waals surface area contributed by atoms with Crippen molar-refractivity contribution >= 4 is 31.4 Å². The Hall–Kier alpha value is -3.46. The van der Waals surface area contributed by atoms with E-state index < -0.39 is 41.7 Å². The number of primary sulfonamides is 2. The predicted molar refractivity (Wildman–Crippen MR) is 113 cm³/mol. The maximum absolute atomic E-state index is 11.9. The van der Waals surface area contributed by atoms with Gasteiger partial charge >= 0.3 is 0 Å². The lowest BCUT2D eigenvalue weighted by Gasteiger charge is -2.20. The molecule has 0 unspecified atom stereocenters. The zero-order chi connectivity index (χ0) is 23.8. The van der Waals surface area contributed by atoms with Crippen molar-refractivity contribution in [1.29, 1.82) is 0 Å². The van der Waals surface area contributed by atoms with Gasteiger partial charge in [0.05, 0.1) is 19.6 Å². The number of sulfonamides is 2. The second kappa shape index (κ2) is 8.23. The summed E-state index contributed by atoms with van der Waals surface area (Å²) in [7, 11) is -8.39. The van der Waals surface area contributed by atoms with Crippen molar-refractivity contribution in [2.45, 2.75) is 21.6 Å². The maximum Gasteiger partial charge on any atom is 0.269 e. The summed E-state index contributed by atoms with van der Waals surface area (Å²) in [6, 6.07) is 6.28. The molecule has 1 aliphatic carbocycles. The van der Waals surface area contributed by atoms with Gasteiger partial charge < -0.3 is 0 Å². The van der Waals surface area contributed by atoms with Crippen molar-refractivity contribution in [2.24, 2.45) is 10.3 Å². The molecule has 168 valence electrons. The highest BCUT2D eigenvalue weighted by atomic mass is 32.2. The van der Waals surface area contributed by atoms with Gasteiger partial charge in [0.2, 0.25) is 20.0 Å². The van der Waals surface area contributed by atoms with Gasteiger partial charge in [-0.1, -0.05) is 24.3 Å². The monoisotopic (exact) mass is 480 g/mol. The van der Waals surface area contributed by atoms with Crippen LogP contribution in [0.2, 0.25) is 0 Å². The molecule has 3 rings (SSSR count). The molecule has 2 aromatic carbocycles. The summed E-state index contributed by atoms with van der Waals surface area (Å²) >= 11 is 0. The molecule has 4 N–H and O–H groups in total. The van der Waals surface area contributed by atoms with Crippen molar-refractivity contribution in [1.82, 2.24) is 0 Å². The van der Waals surface area contributed by atoms with Crippen molar-refractivity contribution in [3.8, 4) is 0 Å². The molecular formula is C18H16N4O8S2. The first-order chi connectivity index (χ1) is 14.8. The fraction of sp³-hybridized carbons (Fsp3) is 0.111. The van der Waals surface area contributed by atoms with Crippen LogP contribution in [0.5, 0.6) is 0 Å². The first kappa shape index (κ1) is 23.2. The van der Waals surface area contributed by atoms with Crippen LogP contribution in [0.3, 0.4) is 0 Å². The summed E-state index contributed by atoms with van der Waals surface area (Å²) in [6.45, 7) is 0. The van der Waals surface area contributed by atoms with Gasteiger partial charge in [0, 0.05) is 36.1 Å². The van der Waals surface area contributed by atoms with E-state index in [0.717, 1.165) is 36.4 Å². The topological polar surface area (TPSA) is 207 Å². The molecule has 0 aliphatic heterocycles. The maximum atomic E-state index is 11.9. The summed E-state index contributed by atoms with van der Waals surface area (Å²) in [5.74, 6) is -1.48. The molecule has 0 aromatic heterocycles. The Morgan fingerprint density at radius 1 is 0.656 bits per heavy atom. The van der Waals surface area contributed by atoms with Gasteiger partial charge in [0.1, 0.15) is 0 Å². The second-order valence-electron chi connectivity index (χ2n) is 6.87. The Kier molecular flexibility index (Phi) is 5.97. The third-order valence-corrected chi connectivity index (χ3v) is 6.76. The molecule has 0 bridgehead atoms. The summed E-state index contributed by atoms with van der Waals surface area (Å²) < 4.78 is 47.7. The van der Waals surface area contributed by atoms with Crippen molar-refractivity contribution in [3.63, 3.8) is 0 Å². The number of non-ortho nitro benzene ring substituents is 2. The van der Waals surface area contributed by atoms with Crippen LogP contribution in [0.15, 0.2) is 70.5 Å². The molecule has 0 spiro atoms. The molecule has 0 fully saturated rings. The Balaban J connectivity index is 2.07. The van der Waals surface area contributed by atoms with E-state index >= 15 is 0 Å². The first-order valence-corrected chi connectivity index (χ1v) is 11.9. The van der Waals surface area contributed by atoms with E-state index in [4.69, 9.17) is 10.3 Å². The molecule has 2 aromatic rings. The molecule has 0 heterocycles. The van der Waals surface area contributed by atoms with Crippen LogP contribution < -0.4 is 10.3 Å². The minimum Gasteiger partial charge on any atom is -0.258 e. The average Bonchev–Trinajstić information content (AvgIpc) is 2.71. The molecule has 12 nitrogen and oxygen atoms in total. The number of hydrogen-bond acceptors (Lipinski definition) is 8. The van der Waals surface area contributed by atoms with Crippen LogP contribution in [-0.4, -0.2) is 26.7 Å². The molecule has 32 heavy (non-hydrogen) atoms. The van der Waals surface area contributed by atoms with Crippen LogP contribution in [-0.2, 0) is 20.0 Å². The molecule has 0 saturated carbocycles. The number of benzene rings is 2. The lowest BCUT2D eigenvalue weighted by Crippen LogP contribution is -2.17. The summed E-state index contributed by atoms with van der Waals surface area (Å²) in [4.78, 5) is 20.3. The van der Waals surface area contributed by atoms with Gasteiger partial charge in [0.25, 0.3) is 11.4 Å². The van der Waals surface area contributed by atoms with Crippen molar-refractivity contribution < 1.29 is 26.7 Å². The van der Waals surface area contributed by atoms with Gasteiger partial charge in [-0.15, -0.1) is 0 Å². The van der Waals surface area contributed by atoms with E-state index in [0.29, 0.717) is 0 Å². The van der Waals surface area contributed by atoms with Crippen LogP contribution in [0.25, 0.3) is 0 Å². The van der Waals surface area contributed by atoms with E-state index in [2.05, 4.69) is 0 Å². The lowest BCUT2D eigenvalue weighted by atomic mass is 9.87. The summed E-state index contributed by atoms with van der Waals surface area (Å²) in [5.41, 5.74) is -0.574. The quantitative estimate of drug-likeness (QED) is 0.353. The summed E-state index contributed by atoms with van der Waals surface area (Å²) in [5, 5.41) is 32.7. The highest BCUT2D eigenvalue weighted by Crippen LogP contribution is 2.36. The van der Waals surface area contributed by atoms with Crippen LogP contribution in [0.4, 0.5) is 11.4 Å². The molecule has 1 aliphatic rings. The number of nitrogens with zero attached hydrogens (tertiary/aromatic N) is 2. The SMILES string of the molecule is NS(=O)(=O)c1ccc([N+](=O)[O-])cc1C1C=CC(c2cc([N+](=O)[O-])ccc2S(N)(=O)=O)C=C1. The van der Waals surface area contributed by atoms with Crippen LogP contribution >= 0.6 is 0 Å². The molecule has 14 heteroatoms. The van der Waals surface area contributed by atoms with E-state index in [1.54, 1.807) is 0 Å². The number of allylic oxidation sites excluding steroid dienone is 4. The zero-order valence-electron chi connectivity index (χ0n) is 16.1. The smallest absolute Gasteiger partial charge is 0.258 e. The predicted octanol–water partition coefficient (Wildman–Crippen LogP) is 1.79. The highest BCUT2D eigenvalue weighted by molar-refractivity contribution is 7.89. The zero-order valence-corrected chi connectivity index (χ0v) is 17.7. The van der Waals surface area contributed by atoms with Gasteiger partial charge in [-0.3, -0.25) is 20.2 Å². The fourth-order valence-corrected chi connectivity index (χ4v) is 4.92. The van der Waals surface area contributed by atoms with Gasteiger partial charge in [0.15, 0.2) is 0 Å². The van der Waals surface area contributed by atoms with E-state index in [9.17, 15) is 37.1 Å². The number of hydrogen-bond donors (Lipinski definition) is 2. The fourth-order valence-electron chi connectivity index (χ4n) is 3.36. The van der Waals surface area contributed by atoms with Gasteiger partial charge in [-0.05, 0) is 23.3 Å². The minimum absolute atomic E-state index is 0.0540. The van der Waals surface area contributed by atoms with Crippen molar-refractivity contribution in [2.75, 3.05) is 0 Å². The molecule has 0 atom stereocenters. The second-order valence-corrected chi connectivity index (χ2v) is 9.93. The molecule has 0 radical (unpaired) electrons. The average molecular weight is 480 g/mol. The van der Waals surface area contributed by atoms with E-state index in [1.165, 1.54) is 24.3 Å². The van der Waals surface area contributed by atoms with Crippen molar-refractivity contribution in [3.05, 3.63) is 92.1 Å². The van der Waals surface area contributed by atoms with E-state index in [-0.39, 0.29) is 32.3 Å². The largest absolute Gasteiger partial charge is 0.269 e. The normalized spacial score (nSPS) is 18.4. The molecule has 0 saturated heterocycles. The number of nitrogens with two attached hydrogens (primary N) is 2. The Bertz CT molecular complexity index is 1280. The Labute approximate surface area is 182 Å². The number of rotatable bonds is 6. The molecular weight excluding hydrogens is 464 g/mol. The van der Waals surface area contributed by atoms with Crippen LogP contribution in [0, 0.1) is 20.2 Å². The third kappa shape index (κ3) is 4.72. The standard InChI is InChI=1S/C18H16N4O8S2/c19-31(27,28)17-7-5-13(21(23)24)9-15(17)11-1-2-12(4-3-11)16-10-14(22(25)26)6-8-18(16)32(20,29)30/h1-12H,(H2,19,27,28)(H2,20,29,30). The highest BCUT2D eigenvalue weighted by Gasteiger charge is 2.26.